The van der Waals surface area contributed by atoms with Crippen LogP contribution in [0.4, 0.5) is 16.2 Å². The van der Waals surface area contributed by atoms with Crippen molar-refractivity contribution in [2.45, 2.75) is 13.3 Å². The predicted molar refractivity (Wildman–Crippen MR) is 78.7 cm³/mol. The molecule has 20 heavy (non-hydrogen) atoms. The molecule has 1 aliphatic heterocycles. The molecule has 2 rings (SSSR count). The number of urea groups is 1. The van der Waals surface area contributed by atoms with Crippen molar-refractivity contribution >= 4 is 23.3 Å². The summed E-state index contributed by atoms with van der Waals surface area (Å²) < 4.78 is 0. The lowest BCUT2D eigenvalue weighted by Crippen LogP contribution is -2.29. The number of benzene rings is 1. The lowest BCUT2D eigenvalue weighted by atomic mass is 10.1. The van der Waals surface area contributed by atoms with Crippen LogP contribution in [0.3, 0.4) is 0 Å². The number of carbonyl (C=O) groups excluding carboxylic acids is 2. The van der Waals surface area contributed by atoms with Crippen molar-refractivity contribution in [1.82, 2.24) is 5.32 Å². The molecule has 6 nitrogen and oxygen atoms in total. The van der Waals surface area contributed by atoms with Crippen molar-refractivity contribution in [2.75, 3.05) is 29.9 Å². The molecule has 1 heterocycles. The highest BCUT2D eigenvalue weighted by molar-refractivity contribution is 5.95. The maximum absolute atomic E-state index is 11.9. The van der Waals surface area contributed by atoms with Gasteiger partial charge in [0, 0.05) is 31.0 Å². The van der Waals surface area contributed by atoms with Crippen molar-refractivity contribution in [3.63, 3.8) is 0 Å². The number of amides is 3. The summed E-state index contributed by atoms with van der Waals surface area (Å²) in [6.07, 6.45) is 0.717. The molecule has 6 heteroatoms. The Morgan fingerprint density at radius 2 is 2.15 bits per heavy atom. The molecule has 1 aromatic rings. The average Bonchev–Trinajstić information content (AvgIpc) is 2.87. The average molecular weight is 276 g/mol. The van der Waals surface area contributed by atoms with E-state index in [1.54, 1.807) is 17.0 Å². The molecule has 0 saturated carbocycles. The van der Waals surface area contributed by atoms with E-state index in [4.69, 9.17) is 5.73 Å². The third kappa shape index (κ3) is 3.08. The van der Waals surface area contributed by atoms with Crippen LogP contribution in [-0.4, -0.2) is 31.6 Å². The fourth-order valence-electron chi connectivity index (χ4n) is 2.15. The van der Waals surface area contributed by atoms with Crippen LogP contribution < -0.4 is 21.3 Å². The van der Waals surface area contributed by atoms with Crippen molar-refractivity contribution in [1.29, 1.82) is 0 Å². The first kappa shape index (κ1) is 14.3. The zero-order valence-electron chi connectivity index (χ0n) is 11.6. The van der Waals surface area contributed by atoms with Gasteiger partial charge in [0.2, 0.25) is 5.91 Å². The maximum atomic E-state index is 11.9. The molecule has 0 spiro atoms. The molecule has 1 unspecified atom stereocenters. The van der Waals surface area contributed by atoms with Crippen LogP contribution in [0.2, 0.25) is 0 Å². The third-order valence-electron chi connectivity index (χ3n) is 3.45. The molecule has 1 aromatic carbocycles. The minimum atomic E-state index is -0.168. The van der Waals surface area contributed by atoms with E-state index >= 15 is 0 Å². The minimum absolute atomic E-state index is 0.0679. The zero-order valence-corrected chi connectivity index (χ0v) is 11.6. The predicted octanol–water partition coefficient (Wildman–Crippen LogP) is 1.14. The Morgan fingerprint density at radius 1 is 1.45 bits per heavy atom. The molecule has 1 aliphatic rings. The van der Waals surface area contributed by atoms with Gasteiger partial charge < -0.3 is 16.4 Å². The smallest absolute Gasteiger partial charge is 0.321 e. The fraction of sp³-hybridized carbons (Fsp3) is 0.429. The topological polar surface area (TPSA) is 87.5 Å². The summed E-state index contributed by atoms with van der Waals surface area (Å²) >= 11 is 0. The van der Waals surface area contributed by atoms with E-state index < -0.39 is 0 Å². The summed E-state index contributed by atoms with van der Waals surface area (Å²) in [5.41, 5.74) is 7.08. The SMILES string of the molecule is CCC(CN)C(=O)Nc1ccc(N2CCNC2=O)cc1. The van der Waals surface area contributed by atoms with Crippen LogP contribution in [0.15, 0.2) is 24.3 Å². The summed E-state index contributed by atoms with van der Waals surface area (Å²) in [6, 6.07) is 7.15. The van der Waals surface area contributed by atoms with Crippen molar-refractivity contribution in [3.8, 4) is 0 Å². The van der Waals surface area contributed by atoms with Gasteiger partial charge >= 0.3 is 6.03 Å². The summed E-state index contributed by atoms with van der Waals surface area (Å²) in [5, 5.41) is 5.58. The molecule has 0 aromatic heterocycles. The zero-order chi connectivity index (χ0) is 14.5. The number of hydrogen-bond donors (Lipinski definition) is 3. The summed E-state index contributed by atoms with van der Waals surface area (Å²) in [4.78, 5) is 25.1. The Bertz CT molecular complexity index is 482. The number of nitrogens with one attached hydrogen (secondary N) is 2. The van der Waals surface area contributed by atoms with E-state index in [9.17, 15) is 9.59 Å². The lowest BCUT2D eigenvalue weighted by molar-refractivity contribution is -0.119. The normalized spacial score (nSPS) is 15.9. The van der Waals surface area contributed by atoms with Gasteiger partial charge in [0.25, 0.3) is 0 Å². The highest BCUT2D eigenvalue weighted by atomic mass is 16.2. The maximum Gasteiger partial charge on any atom is 0.321 e. The molecule has 0 radical (unpaired) electrons. The number of nitrogens with two attached hydrogens (primary N) is 1. The second kappa shape index (κ2) is 6.38. The largest absolute Gasteiger partial charge is 0.336 e. The van der Waals surface area contributed by atoms with Gasteiger partial charge in [-0.2, -0.15) is 0 Å². The summed E-state index contributed by atoms with van der Waals surface area (Å²) in [5.74, 6) is -0.235. The molecular formula is C14H20N4O2. The standard InChI is InChI=1S/C14H20N4O2/c1-2-10(9-15)13(19)17-11-3-5-12(6-4-11)18-8-7-16-14(18)20/h3-6,10H,2,7-9,15H2,1H3,(H,16,20)(H,17,19). The molecule has 1 saturated heterocycles. The van der Waals surface area contributed by atoms with E-state index in [1.807, 2.05) is 19.1 Å². The molecule has 0 aliphatic carbocycles. The van der Waals surface area contributed by atoms with Crippen molar-refractivity contribution in [3.05, 3.63) is 24.3 Å². The minimum Gasteiger partial charge on any atom is -0.336 e. The second-order valence-electron chi connectivity index (χ2n) is 4.76. The van der Waals surface area contributed by atoms with Gasteiger partial charge in [-0.1, -0.05) is 6.92 Å². The van der Waals surface area contributed by atoms with Crippen LogP contribution >= 0.6 is 0 Å². The van der Waals surface area contributed by atoms with Gasteiger partial charge in [0.15, 0.2) is 0 Å². The van der Waals surface area contributed by atoms with Crippen molar-refractivity contribution < 1.29 is 9.59 Å². The van der Waals surface area contributed by atoms with Crippen LogP contribution in [0.25, 0.3) is 0 Å². The van der Waals surface area contributed by atoms with E-state index in [-0.39, 0.29) is 17.9 Å². The Labute approximate surface area is 118 Å². The van der Waals surface area contributed by atoms with Crippen LogP contribution in [0.5, 0.6) is 0 Å². The Kier molecular flexibility index (Phi) is 4.57. The molecule has 0 bridgehead atoms. The van der Waals surface area contributed by atoms with Crippen LogP contribution in [0, 0.1) is 5.92 Å². The Hall–Kier alpha value is -2.08. The van der Waals surface area contributed by atoms with Crippen LogP contribution in [0.1, 0.15) is 13.3 Å². The van der Waals surface area contributed by atoms with Crippen LogP contribution in [-0.2, 0) is 4.79 Å². The van der Waals surface area contributed by atoms with Crippen molar-refractivity contribution in [2.24, 2.45) is 11.7 Å². The van der Waals surface area contributed by atoms with E-state index in [0.29, 0.717) is 31.7 Å². The number of anilines is 2. The number of nitrogens with zero attached hydrogens (tertiary/aromatic N) is 1. The highest BCUT2D eigenvalue weighted by Gasteiger charge is 2.21. The van der Waals surface area contributed by atoms with Gasteiger partial charge in [-0.3, -0.25) is 9.69 Å². The van der Waals surface area contributed by atoms with E-state index in [1.165, 1.54) is 0 Å². The highest BCUT2D eigenvalue weighted by Crippen LogP contribution is 2.20. The first-order chi connectivity index (χ1) is 9.65. The quantitative estimate of drug-likeness (QED) is 0.753. The van der Waals surface area contributed by atoms with Gasteiger partial charge in [0.1, 0.15) is 0 Å². The van der Waals surface area contributed by atoms with Gasteiger partial charge in [-0.25, -0.2) is 4.79 Å². The lowest BCUT2D eigenvalue weighted by Gasteiger charge is -2.16. The third-order valence-corrected chi connectivity index (χ3v) is 3.45. The monoisotopic (exact) mass is 276 g/mol. The molecule has 3 amide bonds. The van der Waals surface area contributed by atoms with Gasteiger partial charge in [-0.15, -0.1) is 0 Å². The van der Waals surface area contributed by atoms with Gasteiger partial charge in [-0.05, 0) is 30.7 Å². The van der Waals surface area contributed by atoms with E-state index in [2.05, 4.69) is 10.6 Å². The molecule has 4 N–H and O–H groups in total. The number of rotatable bonds is 5. The van der Waals surface area contributed by atoms with Gasteiger partial charge in [0.05, 0.1) is 5.92 Å². The summed E-state index contributed by atoms with van der Waals surface area (Å²) in [7, 11) is 0. The molecular weight excluding hydrogens is 256 g/mol. The Morgan fingerprint density at radius 3 is 2.65 bits per heavy atom. The number of hydrogen-bond acceptors (Lipinski definition) is 3. The second-order valence-corrected chi connectivity index (χ2v) is 4.76. The molecule has 1 atom stereocenters. The molecule has 108 valence electrons. The molecule has 1 fully saturated rings. The summed E-state index contributed by atoms with van der Waals surface area (Å²) in [6.45, 7) is 3.60. The van der Waals surface area contributed by atoms with E-state index in [0.717, 1.165) is 5.69 Å². The fourth-order valence-corrected chi connectivity index (χ4v) is 2.15. The first-order valence-corrected chi connectivity index (χ1v) is 6.82. The number of carbonyl (C=O) groups is 2. The Balaban J connectivity index is 2.01. The first-order valence-electron chi connectivity index (χ1n) is 6.82.